The Kier molecular flexibility index (Phi) is 4.24. The number of carbonyl (C=O) groups excluding carboxylic acids is 1. The third-order valence-electron chi connectivity index (χ3n) is 2.32. The third kappa shape index (κ3) is 3.15. The Morgan fingerprint density at radius 1 is 1.37 bits per heavy atom. The molecular weight excluding hydrogens is 309 g/mol. The number of hydrogen-bond donors (Lipinski definition) is 1. The normalized spacial score (nSPS) is 10.3. The summed E-state index contributed by atoms with van der Waals surface area (Å²) in [4.78, 5) is 11.9. The van der Waals surface area contributed by atoms with Crippen LogP contribution in [0, 0.1) is 6.92 Å². The summed E-state index contributed by atoms with van der Waals surface area (Å²) < 4.78 is 5.38. The molecule has 0 unspecified atom stereocenters. The number of aryl methyl sites for hydroxylation is 1. The number of benzene rings is 1. The summed E-state index contributed by atoms with van der Waals surface area (Å²) in [5.41, 5.74) is 1.34. The van der Waals surface area contributed by atoms with Gasteiger partial charge in [-0.15, -0.1) is 10.2 Å². The van der Waals surface area contributed by atoms with E-state index in [1.165, 1.54) is 7.11 Å². The Bertz CT molecular complexity index is 630. The van der Waals surface area contributed by atoms with Crippen molar-refractivity contribution in [3.8, 4) is 5.75 Å². The first-order valence-corrected chi connectivity index (χ1v) is 6.73. The van der Waals surface area contributed by atoms with Crippen molar-refractivity contribution in [1.29, 1.82) is 0 Å². The Hall–Kier alpha value is -1.37. The van der Waals surface area contributed by atoms with Crippen LogP contribution in [-0.4, -0.2) is 23.2 Å². The van der Waals surface area contributed by atoms with Crippen LogP contribution in [-0.2, 0) is 0 Å². The van der Waals surface area contributed by atoms with Gasteiger partial charge in [0.1, 0.15) is 5.75 Å². The molecule has 100 valence electrons. The predicted octanol–water partition coefficient (Wildman–Crippen LogP) is 3.41. The Labute approximate surface area is 123 Å². The van der Waals surface area contributed by atoms with Crippen LogP contribution >= 0.6 is 34.5 Å². The highest BCUT2D eigenvalue weighted by molar-refractivity contribution is 7.17. The molecule has 0 atom stereocenters. The van der Waals surface area contributed by atoms with Gasteiger partial charge in [-0.25, -0.2) is 0 Å². The number of carbonyl (C=O) groups is 1. The third-order valence-corrected chi connectivity index (χ3v) is 3.75. The van der Waals surface area contributed by atoms with Crippen molar-refractivity contribution < 1.29 is 9.53 Å². The van der Waals surface area contributed by atoms with E-state index in [4.69, 9.17) is 27.9 Å². The van der Waals surface area contributed by atoms with E-state index >= 15 is 0 Å². The van der Waals surface area contributed by atoms with E-state index in [0.29, 0.717) is 16.5 Å². The SMILES string of the molecule is COc1cc(Cl)c(C)cc1NC(=O)c1nnc(Cl)s1. The molecule has 0 saturated heterocycles. The fraction of sp³-hybridized carbons (Fsp3) is 0.182. The number of methoxy groups -OCH3 is 1. The largest absolute Gasteiger partial charge is 0.495 e. The number of rotatable bonds is 3. The standard InChI is InChI=1S/C11H9Cl2N3O2S/c1-5-3-7(8(18-2)4-6(5)12)14-9(17)10-15-16-11(13)19-10/h3-4H,1-2H3,(H,14,17). The molecule has 0 spiro atoms. The van der Waals surface area contributed by atoms with Gasteiger partial charge in [0.05, 0.1) is 12.8 Å². The molecular formula is C11H9Cl2N3O2S. The second-order valence-electron chi connectivity index (χ2n) is 3.62. The molecule has 0 radical (unpaired) electrons. The second kappa shape index (κ2) is 5.73. The summed E-state index contributed by atoms with van der Waals surface area (Å²) in [6.07, 6.45) is 0. The summed E-state index contributed by atoms with van der Waals surface area (Å²) in [6.45, 7) is 1.83. The van der Waals surface area contributed by atoms with Crippen LogP contribution in [0.5, 0.6) is 5.75 Å². The molecule has 2 rings (SSSR count). The van der Waals surface area contributed by atoms with Crippen molar-refractivity contribution in [1.82, 2.24) is 10.2 Å². The lowest BCUT2D eigenvalue weighted by molar-refractivity contribution is 0.102. The minimum atomic E-state index is -0.399. The van der Waals surface area contributed by atoms with Gasteiger partial charge in [-0.1, -0.05) is 22.9 Å². The Morgan fingerprint density at radius 3 is 2.68 bits per heavy atom. The summed E-state index contributed by atoms with van der Waals surface area (Å²) in [6, 6.07) is 3.36. The van der Waals surface area contributed by atoms with Crippen molar-refractivity contribution in [2.24, 2.45) is 0 Å². The molecule has 1 amide bonds. The number of nitrogens with zero attached hydrogens (tertiary/aromatic N) is 2. The highest BCUT2D eigenvalue weighted by Gasteiger charge is 2.15. The van der Waals surface area contributed by atoms with E-state index in [1.54, 1.807) is 12.1 Å². The van der Waals surface area contributed by atoms with Crippen LogP contribution in [0.3, 0.4) is 0 Å². The van der Waals surface area contributed by atoms with E-state index in [2.05, 4.69) is 15.5 Å². The van der Waals surface area contributed by atoms with Crippen LogP contribution < -0.4 is 10.1 Å². The maximum absolute atomic E-state index is 11.9. The first-order chi connectivity index (χ1) is 9.01. The minimum absolute atomic E-state index is 0.180. The highest BCUT2D eigenvalue weighted by Crippen LogP contribution is 2.31. The van der Waals surface area contributed by atoms with Crippen LogP contribution in [0.25, 0.3) is 0 Å². The predicted molar refractivity (Wildman–Crippen MR) is 75.6 cm³/mol. The quantitative estimate of drug-likeness (QED) is 0.942. The second-order valence-corrected chi connectivity index (χ2v) is 5.58. The summed E-state index contributed by atoms with van der Waals surface area (Å²) in [7, 11) is 1.50. The van der Waals surface area contributed by atoms with Gasteiger partial charge in [-0.2, -0.15) is 0 Å². The van der Waals surface area contributed by atoms with Gasteiger partial charge in [-0.05, 0) is 30.2 Å². The molecule has 0 fully saturated rings. The number of anilines is 1. The first kappa shape index (κ1) is 14.0. The van der Waals surface area contributed by atoms with Gasteiger partial charge in [0.15, 0.2) is 0 Å². The number of nitrogens with one attached hydrogen (secondary N) is 1. The van der Waals surface area contributed by atoms with Crippen molar-refractivity contribution >= 4 is 46.1 Å². The first-order valence-electron chi connectivity index (χ1n) is 5.15. The Morgan fingerprint density at radius 2 is 2.11 bits per heavy atom. The van der Waals surface area contributed by atoms with Crippen LogP contribution in [0.1, 0.15) is 15.4 Å². The molecule has 2 aromatic rings. The molecule has 1 aromatic carbocycles. The van der Waals surface area contributed by atoms with Gasteiger partial charge in [0, 0.05) is 11.1 Å². The molecule has 0 bridgehead atoms. The van der Waals surface area contributed by atoms with E-state index in [0.717, 1.165) is 16.9 Å². The summed E-state index contributed by atoms with van der Waals surface area (Å²) >= 11 is 12.6. The fourth-order valence-corrected chi connectivity index (χ4v) is 2.28. The van der Waals surface area contributed by atoms with Gasteiger partial charge in [0.25, 0.3) is 5.91 Å². The molecule has 0 saturated carbocycles. The van der Waals surface area contributed by atoms with Crippen molar-refractivity contribution in [2.75, 3.05) is 12.4 Å². The number of hydrogen-bond acceptors (Lipinski definition) is 5. The van der Waals surface area contributed by atoms with Gasteiger partial charge in [-0.3, -0.25) is 4.79 Å². The highest BCUT2D eigenvalue weighted by atomic mass is 35.5. The van der Waals surface area contributed by atoms with Crippen LogP contribution in [0.15, 0.2) is 12.1 Å². The maximum Gasteiger partial charge on any atom is 0.286 e. The topological polar surface area (TPSA) is 64.1 Å². The maximum atomic E-state index is 11.9. The van der Waals surface area contributed by atoms with Gasteiger partial charge >= 0.3 is 0 Å². The van der Waals surface area contributed by atoms with Crippen LogP contribution in [0.4, 0.5) is 5.69 Å². The monoisotopic (exact) mass is 317 g/mol. The van der Waals surface area contributed by atoms with E-state index in [-0.39, 0.29) is 9.47 Å². The van der Waals surface area contributed by atoms with E-state index < -0.39 is 5.91 Å². The van der Waals surface area contributed by atoms with Crippen molar-refractivity contribution in [3.05, 3.63) is 32.2 Å². The fourth-order valence-electron chi connectivity index (χ4n) is 1.40. The van der Waals surface area contributed by atoms with Crippen LogP contribution in [0.2, 0.25) is 9.49 Å². The lowest BCUT2D eigenvalue weighted by Gasteiger charge is -2.11. The number of aromatic nitrogens is 2. The van der Waals surface area contributed by atoms with Gasteiger partial charge < -0.3 is 10.1 Å². The molecule has 0 aliphatic rings. The molecule has 19 heavy (non-hydrogen) atoms. The molecule has 1 heterocycles. The molecule has 1 aromatic heterocycles. The molecule has 8 heteroatoms. The molecule has 1 N–H and O–H groups in total. The lowest BCUT2D eigenvalue weighted by Crippen LogP contribution is -2.12. The molecule has 0 aliphatic carbocycles. The summed E-state index contributed by atoms with van der Waals surface area (Å²) in [5, 5.41) is 10.7. The minimum Gasteiger partial charge on any atom is -0.495 e. The summed E-state index contributed by atoms with van der Waals surface area (Å²) in [5.74, 6) is 0.0731. The number of ether oxygens (including phenoxy) is 1. The molecule has 5 nitrogen and oxygen atoms in total. The molecule has 0 aliphatic heterocycles. The number of halogens is 2. The van der Waals surface area contributed by atoms with E-state index in [1.807, 2.05) is 6.92 Å². The number of amides is 1. The van der Waals surface area contributed by atoms with Crippen molar-refractivity contribution in [2.45, 2.75) is 6.92 Å². The lowest BCUT2D eigenvalue weighted by atomic mass is 10.2. The Balaban J connectivity index is 2.28. The average Bonchev–Trinajstić information content (AvgIpc) is 2.80. The zero-order valence-electron chi connectivity index (χ0n) is 10.0. The van der Waals surface area contributed by atoms with E-state index in [9.17, 15) is 4.79 Å². The zero-order valence-corrected chi connectivity index (χ0v) is 12.4. The van der Waals surface area contributed by atoms with Gasteiger partial charge in [0.2, 0.25) is 9.47 Å². The zero-order chi connectivity index (χ0) is 14.0. The average molecular weight is 318 g/mol. The van der Waals surface area contributed by atoms with Crippen molar-refractivity contribution in [3.63, 3.8) is 0 Å². The smallest absolute Gasteiger partial charge is 0.286 e.